The number of allylic oxidation sites excluding steroid dienone is 2. The van der Waals surface area contributed by atoms with E-state index in [0.717, 1.165) is 12.8 Å². The molecule has 3 nitrogen and oxygen atoms in total. The van der Waals surface area contributed by atoms with Crippen molar-refractivity contribution in [1.82, 2.24) is 0 Å². The van der Waals surface area contributed by atoms with E-state index in [1.54, 1.807) is 0 Å². The van der Waals surface area contributed by atoms with Crippen molar-refractivity contribution in [2.45, 2.75) is 65.7 Å². The lowest BCUT2D eigenvalue weighted by Crippen LogP contribution is -2.50. The lowest BCUT2D eigenvalue weighted by Gasteiger charge is -2.58. The molecule has 0 aromatic heterocycles. The predicted octanol–water partition coefficient (Wildman–Crippen LogP) is 4.78. The summed E-state index contributed by atoms with van der Waals surface area (Å²) in [6.45, 7) is 11.4. The SMILES string of the molecule is C=C1CCC[C@@H]2[C@@](C)(C/C=C(/C=O)CC(=O)O)[C@H](C)CC[C@@]12C. The van der Waals surface area contributed by atoms with Gasteiger partial charge in [-0.3, -0.25) is 9.59 Å². The molecule has 0 aromatic carbocycles. The van der Waals surface area contributed by atoms with Gasteiger partial charge in [-0.05, 0) is 66.8 Å². The van der Waals surface area contributed by atoms with E-state index in [1.807, 2.05) is 6.08 Å². The number of carboxylic acid groups (broad SMARTS) is 1. The van der Waals surface area contributed by atoms with Crippen LogP contribution in [0.4, 0.5) is 0 Å². The Morgan fingerprint density at radius 2 is 2.09 bits per heavy atom. The van der Waals surface area contributed by atoms with Crippen LogP contribution in [-0.4, -0.2) is 17.4 Å². The van der Waals surface area contributed by atoms with E-state index in [9.17, 15) is 9.59 Å². The van der Waals surface area contributed by atoms with E-state index in [-0.39, 0.29) is 17.3 Å². The van der Waals surface area contributed by atoms with Gasteiger partial charge in [-0.2, -0.15) is 0 Å². The highest BCUT2D eigenvalue weighted by atomic mass is 16.4. The molecule has 0 aliphatic heterocycles. The second kappa shape index (κ2) is 6.62. The molecule has 2 aliphatic carbocycles. The van der Waals surface area contributed by atoms with Crippen molar-refractivity contribution in [2.75, 3.05) is 0 Å². The summed E-state index contributed by atoms with van der Waals surface area (Å²) in [5, 5.41) is 8.92. The molecule has 0 saturated heterocycles. The van der Waals surface area contributed by atoms with E-state index in [2.05, 4.69) is 27.4 Å². The molecule has 0 heterocycles. The quantitative estimate of drug-likeness (QED) is 0.451. The Morgan fingerprint density at radius 1 is 1.39 bits per heavy atom. The molecule has 2 rings (SSSR count). The second-order valence-corrected chi connectivity index (χ2v) is 8.08. The van der Waals surface area contributed by atoms with Gasteiger partial charge in [0.1, 0.15) is 6.29 Å². The largest absolute Gasteiger partial charge is 0.481 e. The van der Waals surface area contributed by atoms with Crippen LogP contribution in [0.25, 0.3) is 0 Å². The van der Waals surface area contributed by atoms with Crippen LogP contribution >= 0.6 is 0 Å². The molecule has 0 unspecified atom stereocenters. The number of carboxylic acids is 1. The van der Waals surface area contributed by atoms with Gasteiger partial charge in [0.15, 0.2) is 0 Å². The normalized spacial score (nSPS) is 38.0. The summed E-state index contributed by atoms with van der Waals surface area (Å²) in [7, 11) is 0. The molecule has 0 bridgehead atoms. The fourth-order valence-electron chi connectivity index (χ4n) is 5.00. The molecular formula is C20H30O3. The van der Waals surface area contributed by atoms with E-state index in [0.29, 0.717) is 23.7 Å². The van der Waals surface area contributed by atoms with Gasteiger partial charge < -0.3 is 5.11 Å². The fraction of sp³-hybridized carbons (Fsp3) is 0.700. The summed E-state index contributed by atoms with van der Waals surface area (Å²) in [6, 6.07) is 0. The monoisotopic (exact) mass is 318 g/mol. The fourth-order valence-corrected chi connectivity index (χ4v) is 5.00. The minimum Gasteiger partial charge on any atom is -0.481 e. The van der Waals surface area contributed by atoms with Crippen LogP contribution in [0.1, 0.15) is 65.7 Å². The van der Waals surface area contributed by atoms with Gasteiger partial charge in [0.2, 0.25) is 0 Å². The third-order valence-corrected chi connectivity index (χ3v) is 6.88. The molecule has 3 heteroatoms. The summed E-state index contributed by atoms with van der Waals surface area (Å²) >= 11 is 0. The van der Waals surface area contributed by atoms with Crippen molar-refractivity contribution in [1.29, 1.82) is 0 Å². The number of carbonyl (C=O) groups is 2. The smallest absolute Gasteiger partial charge is 0.307 e. The van der Waals surface area contributed by atoms with Crippen molar-refractivity contribution in [3.8, 4) is 0 Å². The number of aliphatic carboxylic acids is 1. The number of carbonyl (C=O) groups excluding carboxylic acids is 1. The Balaban J connectivity index is 2.29. The zero-order valence-corrected chi connectivity index (χ0v) is 14.7. The van der Waals surface area contributed by atoms with Crippen molar-refractivity contribution < 1.29 is 14.7 Å². The molecule has 1 N–H and O–H groups in total. The van der Waals surface area contributed by atoms with Crippen molar-refractivity contribution in [3.05, 3.63) is 23.8 Å². The first-order valence-electron chi connectivity index (χ1n) is 8.78. The van der Waals surface area contributed by atoms with E-state index >= 15 is 0 Å². The van der Waals surface area contributed by atoms with Crippen molar-refractivity contribution in [3.63, 3.8) is 0 Å². The first kappa shape index (κ1) is 18.0. The van der Waals surface area contributed by atoms with E-state index in [1.165, 1.54) is 31.3 Å². The minimum absolute atomic E-state index is 0.100. The summed E-state index contributed by atoms with van der Waals surface area (Å²) in [4.78, 5) is 22.0. The predicted molar refractivity (Wildman–Crippen MR) is 92.1 cm³/mol. The Bertz CT molecular complexity index is 533. The molecule has 23 heavy (non-hydrogen) atoms. The molecule has 0 aromatic rings. The lowest BCUT2D eigenvalue weighted by molar-refractivity contribution is -0.136. The molecule has 128 valence electrons. The van der Waals surface area contributed by atoms with E-state index < -0.39 is 5.97 Å². The van der Waals surface area contributed by atoms with Gasteiger partial charge in [0.05, 0.1) is 6.42 Å². The van der Waals surface area contributed by atoms with Gasteiger partial charge in [-0.1, -0.05) is 39.0 Å². The Hall–Kier alpha value is -1.38. The highest BCUT2D eigenvalue weighted by molar-refractivity contribution is 5.83. The molecular weight excluding hydrogens is 288 g/mol. The topological polar surface area (TPSA) is 54.4 Å². The minimum atomic E-state index is -0.943. The van der Waals surface area contributed by atoms with Crippen LogP contribution < -0.4 is 0 Å². The number of hydrogen-bond donors (Lipinski definition) is 1. The number of hydrogen-bond acceptors (Lipinski definition) is 2. The third-order valence-electron chi connectivity index (χ3n) is 6.88. The van der Waals surface area contributed by atoms with Crippen LogP contribution in [0.15, 0.2) is 23.8 Å². The average molecular weight is 318 g/mol. The number of rotatable bonds is 5. The molecule has 2 saturated carbocycles. The van der Waals surface area contributed by atoms with Crippen LogP contribution in [0, 0.1) is 22.7 Å². The molecule has 0 amide bonds. The Labute approximate surface area is 139 Å². The molecule has 2 aliphatic rings. The van der Waals surface area contributed by atoms with Gasteiger partial charge in [0.25, 0.3) is 0 Å². The van der Waals surface area contributed by atoms with Crippen LogP contribution in [0.3, 0.4) is 0 Å². The van der Waals surface area contributed by atoms with Crippen molar-refractivity contribution in [2.24, 2.45) is 22.7 Å². The maximum Gasteiger partial charge on any atom is 0.307 e. The number of aldehydes is 1. The van der Waals surface area contributed by atoms with Crippen molar-refractivity contribution >= 4 is 12.3 Å². The summed E-state index contributed by atoms with van der Waals surface area (Å²) in [5.74, 6) is 0.190. The Kier molecular flexibility index (Phi) is 5.17. The first-order valence-corrected chi connectivity index (χ1v) is 8.78. The van der Waals surface area contributed by atoms with E-state index in [4.69, 9.17) is 5.11 Å². The van der Waals surface area contributed by atoms with Crippen LogP contribution in [0.5, 0.6) is 0 Å². The van der Waals surface area contributed by atoms with Gasteiger partial charge in [0, 0.05) is 0 Å². The zero-order valence-electron chi connectivity index (χ0n) is 14.7. The zero-order chi connectivity index (χ0) is 17.3. The second-order valence-electron chi connectivity index (χ2n) is 8.08. The molecule has 0 spiro atoms. The Morgan fingerprint density at radius 3 is 2.70 bits per heavy atom. The summed E-state index contributed by atoms with van der Waals surface area (Å²) in [5.41, 5.74) is 2.08. The maximum absolute atomic E-state index is 11.2. The lowest BCUT2D eigenvalue weighted by atomic mass is 9.46. The first-order chi connectivity index (χ1) is 10.7. The molecule has 0 radical (unpaired) electrons. The maximum atomic E-state index is 11.2. The van der Waals surface area contributed by atoms with Gasteiger partial charge in [-0.25, -0.2) is 0 Å². The average Bonchev–Trinajstić information content (AvgIpc) is 2.50. The van der Waals surface area contributed by atoms with Crippen LogP contribution in [0.2, 0.25) is 0 Å². The molecule has 2 fully saturated rings. The number of fused-ring (bicyclic) bond motifs is 1. The highest BCUT2D eigenvalue weighted by Gasteiger charge is 2.53. The third kappa shape index (κ3) is 3.29. The van der Waals surface area contributed by atoms with Gasteiger partial charge in [-0.15, -0.1) is 0 Å². The highest BCUT2D eigenvalue weighted by Crippen LogP contribution is 2.62. The summed E-state index contributed by atoms with van der Waals surface area (Å²) in [6.07, 6.45) is 9.08. The molecule has 4 atom stereocenters. The van der Waals surface area contributed by atoms with Gasteiger partial charge >= 0.3 is 5.97 Å². The standard InChI is InChI=1S/C20H30O3/c1-14-6-5-7-17-19(14,3)10-8-15(2)20(17,4)11-9-16(13-21)12-18(22)23/h9,13,15,17H,1,5-8,10-12H2,2-4H3,(H,22,23)/b16-9+/t15-,17+,19+,20+/m1/s1. The van der Waals surface area contributed by atoms with Crippen LogP contribution in [-0.2, 0) is 9.59 Å². The summed E-state index contributed by atoms with van der Waals surface area (Å²) < 4.78 is 0.